The molecule has 38 heavy (non-hydrogen) atoms. The molecule has 0 saturated carbocycles. The highest BCUT2D eigenvalue weighted by molar-refractivity contribution is 5.86. The van der Waals surface area contributed by atoms with E-state index in [1.54, 1.807) is 27.7 Å². The Morgan fingerprint density at radius 3 is 2.53 bits per heavy atom. The van der Waals surface area contributed by atoms with Crippen LogP contribution in [0, 0.1) is 0 Å². The Balaban J connectivity index is 2.13. The molecule has 3 N–H and O–H groups in total. The van der Waals surface area contributed by atoms with Crippen molar-refractivity contribution in [2.45, 2.75) is 46.3 Å². The first-order valence-electron chi connectivity index (χ1n) is 12.6. The Labute approximate surface area is 222 Å². The summed E-state index contributed by atoms with van der Waals surface area (Å²) in [5, 5.41) is 5.77. The molecule has 2 amide bonds. The molecular weight excluding hydrogens is 496 g/mol. The number of carbonyl (C=O) groups excluding carboxylic acids is 3. The molecule has 14 nitrogen and oxygen atoms in total. The van der Waals surface area contributed by atoms with E-state index in [1.165, 1.54) is 15.8 Å². The van der Waals surface area contributed by atoms with Gasteiger partial charge >= 0.3 is 17.8 Å². The van der Waals surface area contributed by atoms with Crippen LogP contribution in [-0.2, 0) is 25.6 Å². The van der Waals surface area contributed by atoms with Crippen LogP contribution in [0.1, 0.15) is 34.1 Å². The summed E-state index contributed by atoms with van der Waals surface area (Å²) in [7, 11) is 6.30. The summed E-state index contributed by atoms with van der Waals surface area (Å²) in [6.45, 7) is 8.19. The predicted octanol–water partition coefficient (Wildman–Crippen LogP) is 0.544. The molecule has 2 heterocycles. The van der Waals surface area contributed by atoms with E-state index in [0.29, 0.717) is 17.9 Å². The van der Waals surface area contributed by atoms with Gasteiger partial charge in [-0.25, -0.2) is 14.6 Å². The minimum atomic E-state index is -0.669. The van der Waals surface area contributed by atoms with Crippen molar-refractivity contribution >= 4 is 35.0 Å². The van der Waals surface area contributed by atoms with Gasteiger partial charge in [0, 0.05) is 26.1 Å². The number of esters is 1. The van der Waals surface area contributed by atoms with Crippen LogP contribution in [0.3, 0.4) is 0 Å². The predicted molar refractivity (Wildman–Crippen MR) is 142 cm³/mol. The van der Waals surface area contributed by atoms with Crippen molar-refractivity contribution < 1.29 is 28.3 Å². The van der Waals surface area contributed by atoms with Gasteiger partial charge < -0.3 is 34.1 Å². The number of anilines is 1. The molecule has 0 unspecified atom stereocenters. The smallest absolute Gasteiger partial charge is 0.407 e. The monoisotopic (exact) mass is 537 g/mol. The molecule has 0 aromatic carbocycles. The quantitative estimate of drug-likeness (QED) is 0.188. The standard InChI is InChI=1S/C24H40N8O6/c1-8-37-18(34)15-30(12-11-26-23(36)38-24(2,3)4)17(33)14-31-16-27-19-20(28-22(35)29-21(19)31)25-10-9-13-32(5,6)7/h16H,8-15H2,1-7H3,(H2-,25,26,28,29,35,36)/p+1. The second kappa shape index (κ2) is 13.2. The first-order valence-corrected chi connectivity index (χ1v) is 12.6. The van der Waals surface area contributed by atoms with E-state index in [0.717, 1.165) is 17.4 Å². The number of hydrogen-bond donors (Lipinski definition) is 3. The van der Waals surface area contributed by atoms with Gasteiger partial charge in [0.25, 0.3) is 0 Å². The van der Waals surface area contributed by atoms with Crippen molar-refractivity contribution in [3.05, 3.63) is 16.8 Å². The van der Waals surface area contributed by atoms with Crippen molar-refractivity contribution in [2.75, 3.05) is 65.8 Å². The number of quaternary nitrogens is 1. The number of rotatable bonds is 13. The topological polar surface area (TPSA) is 161 Å². The number of ether oxygens (including phenoxy) is 2. The first kappa shape index (κ1) is 30.5. The molecule has 2 aromatic rings. The van der Waals surface area contributed by atoms with E-state index < -0.39 is 29.3 Å². The van der Waals surface area contributed by atoms with Crippen molar-refractivity contribution in [3.8, 4) is 0 Å². The van der Waals surface area contributed by atoms with Gasteiger partial charge in [0.1, 0.15) is 30.0 Å². The Bertz CT molecular complexity index is 1160. The van der Waals surface area contributed by atoms with Crippen LogP contribution in [0.15, 0.2) is 11.1 Å². The van der Waals surface area contributed by atoms with Gasteiger partial charge in [0.15, 0.2) is 5.65 Å². The van der Waals surface area contributed by atoms with Gasteiger partial charge in [-0.2, -0.15) is 4.98 Å². The zero-order chi connectivity index (χ0) is 28.5. The van der Waals surface area contributed by atoms with Crippen LogP contribution in [0.25, 0.3) is 11.2 Å². The molecular formula is C24H41N8O6+. The number of H-pyrrole nitrogens is 1. The highest BCUT2D eigenvalue weighted by Gasteiger charge is 2.22. The number of imidazole rings is 1. The lowest BCUT2D eigenvalue weighted by Gasteiger charge is -2.23. The zero-order valence-electron chi connectivity index (χ0n) is 23.4. The number of amides is 2. The van der Waals surface area contributed by atoms with Gasteiger partial charge in [-0.15, -0.1) is 0 Å². The molecule has 14 heteroatoms. The van der Waals surface area contributed by atoms with Crippen LogP contribution >= 0.6 is 0 Å². The molecule has 0 radical (unpaired) electrons. The number of hydrogen-bond acceptors (Lipinski definition) is 9. The van der Waals surface area contributed by atoms with Gasteiger partial charge in [-0.05, 0) is 27.7 Å². The van der Waals surface area contributed by atoms with Crippen LogP contribution in [0.2, 0.25) is 0 Å². The molecule has 0 atom stereocenters. The van der Waals surface area contributed by atoms with E-state index in [-0.39, 0.29) is 38.4 Å². The van der Waals surface area contributed by atoms with Crippen molar-refractivity contribution in [1.29, 1.82) is 0 Å². The average Bonchev–Trinajstić information content (AvgIpc) is 3.16. The molecule has 0 bridgehead atoms. The number of alkyl carbamates (subject to hydrolysis) is 1. The Hall–Kier alpha value is -3.68. The van der Waals surface area contributed by atoms with Crippen molar-refractivity contribution in [1.82, 2.24) is 29.7 Å². The van der Waals surface area contributed by atoms with Gasteiger partial charge in [-0.1, -0.05) is 0 Å². The molecule has 0 fully saturated rings. The van der Waals surface area contributed by atoms with Crippen molar-refractivity contribution in [2.24, 2.45) is 0 Å². The second-order valence-electron chi connectivity index (χ2n) is 10.8. The normalized spacial score (nSPS) is 11.8. The lowest BCUT2D eigenvalue weighted by atomic mass is 10.2. The van der Waals surface area contributed by atoms with Crippen molar-refractivity contribution in [3.63, 3.8) is 0 Å². The molecule has 0 aliphatic carbocycles. The number of fused-ring (bicyclic) bond motifs is 1. The number of nitrogens with zero attached hydrogens (tertiary/aromatic N) is 5. The van der Waals surface area contributed by atoms with E-state index in [4.69, 9.17) is 9.47 Å². The summed E-state index contributed by atoms with van der Waals surface area (Å²) >= 11 is 0. The third-order valence-electron chi connectivity index (χ3n) is 5.13. The van der Waals surface area contributed by atoms with Gasteiger partial charge in [0.2, 0.25) is 5.91 Å². The fraction of sp³-hybridized carbons (Fsp3) is 0.667. The Morgan fingerprint density at radius 1 is 1.18 bits per heavy atom. The van der Waals surface area contributed by atoms with E-state index in [2.05, 4.69) is 46.7 Å². The number of carbonyl (C=O) groups is 3. The van der Waals surface area contributed by atoms with Crippen LogP contribution in [0.5, 0.6) is 0 Å². The Kier molecular flexibility index (Phi) is 10.6. The van der Waals surface area contributed by atoms with E-state index in [1.807, 2.05) is 0 Å². The maximum atomic E-state index is 13.2. The zero-order valence-corrected chi connectivity index (χ0v) is 23.4. The van der Waals surface area contributed by atoms with Gasteiger partial charge in [0.05, 0.1) is 40.6 Å². The number of aromatic nitrogens is 4. The summed E-state index contributed by atoms with van der Waals surface area (Å²) in [5.74, 6) is -0.594. The first-order chi connectivity index (χ1) is 17.7. The SMILES string of the molecule is CCOC(=O)CN(CCNC(=O)OC(C)(C)C)C(=O)Cn1cnc2c(NCCC[N+](C)(C)C)[nH]c(=O)nc21. The summed E-state index contributed by atoms with van der Waals surface area (Å²) in [6, 6.07) is 0. The number of aromatic amines is 1. The number of nitrogens with one attached hydrogen (secondary N) is 3. The maximum absolute atomic E-state index is 13.2. The van der Waals surface area contributed by atoms with Crippen LogP contribution in [0.4, 0.5) is 10.6 Å². The molecule has 212 valence electrons. The lowest BCUT2D eigenvalue weighted by Crippen LogP contribution is -2.44. The third-order valence-corrected chi connectivity index (χ3v) is 5.13. The summed E-state index contributed by atoms with van der Waals surface area (Å²) in [5.41, 5.74) is -0.590. The summed E-state index contributed by atoms with van der Waals surface area (Å²) < 4.78 is 12.5. The lowest BCUT2D eigenvalue weighted by molar-refractivity contribution is -0.870. The molecule has 0 saturated heterocycles. The maximum Gasteiger partial charge on any atom is 0.407 e. The third kappa shape index (κ3) is 10.4. The minimum Gasteiger partial charge on any atom is -0.465 e. The van der Waals surface area contributed by atoms with E-state index in [9.17, 15) is 19.2 Å². The highest BCUT2D eigenvalue weighted by Crippen LogP contribution is 2.16. The Morgan fingerprint density at radius 2 is 1.89 bits per heavy atom. The van der Waals surface area contributed by atoms with Crippen LogP contribution < -0.4 is 16.3 Å². The summed E-state index contributed by atoms with van der Waals surface area (Å²) in [4.78, 5) is 61.7. The molecule has 2 rings (SSSR count). The molecule has 0 aliphatic heterocycles. The minimum absolute atomic E-state index is 0.0383. The van der Waals surface area contributed by atoms with Crippen LogP contribution in [-0.4, -0.2) is 113 Å². The second-order valence-corrected chi connectivity index (χ2v) is 10.8. The average molecular weight is 538 g/mol. The highest BCUT2D eigenvalue weighted by atomic mass is 16.6. The van der Waals surface area contributed by atoms with E-state index >= 15 is 0 Å². The largest absolute Gasteiger partial charge is 0.465 e. The van der Waals surface area contributed by atoms with Gasteiger partial charge in [-0.3, -0.25) is 14.6 Å². The fourth-order valence-electron chi connectivity index (χ4n) is 3.48. The molecule has 0 aliphatic rings. The summed E-state index contributed by atoms with van der Waals surface area (Å²) in [6.07, 6.45) is 1.66. The molecule has 2 aromatic heterocycles. The fourth-order valence-corrected chi connectivity index (χ4v) is 3.48. The molecule has 0 spiro atoms.